The van der Waals surface area contributed by atoms with Crippen molar-refractivity contribution in [2.24, 2.45) is 0 Å². The lowest BCUT2D eigenvalue weighted by atomic mass is 10.1. The summed E-state index contributed by atoms with van der Waals surface area (Å²) in [7, 11) is -4.80. The van der Waals surface area contributed by atoms with Crippen LogP contribution in [0.2, 0.25) is 0 Å². The Kier molecular flexibility index (Phi) is 9.85. The molecule has 0 heterocycles. The molecule has 0 bridgehead atoms. The van der Waals surface area contributed by atoms with Crippen molar-refractivity contribution in [1.29, 1.82) is 0 Å². The first-order valence-corrected chi connectivity index (χ1v) is 16.4. The summed E-state index contributed by atoms with van der Waals surface area (Å²) in [6.45, 7) is 1.82. The maximum atomic E-state index is 11.9. The van der Waals surface area contributed by atoms with Gasteiger partial charge in [-0.25, -0.2) is 13.2 Å². The van der Waals surface area contributed by atoms with Crippen molar-refractivity contribution in [1.82, 2.24) is 0 Å². The van der Waals surface area contributed by atoms with E-state index in [2.05, 4.69) is 103 Å². The molecule has 41 heavy (non-hydrogen) atoms. The zero-order chi connectivity index (χ0) is 29.3. The van der Waals surface area contributed by atoms with Gasteiger partial charge in [0.2, 0.25) is 0 Å². The molecule has 208 valence electrons. The Labute approximate surface area is 242 Å². The van der Waals surface area contributed by atoms with E-state index in [-0.39, 0.29) is 10.9 Å². The molecule has 0 spiro atoms. The first kappa shape index (κ1) is 29.9. The molecule has 5 rings (SSSR count). The van der Waals surface area contributed by atoms with Gasteiger partial charge in [-0.15, -0.1) is 0 Å². The molecule has 0 saturated carbocycles. The summed E-state index contributed by atoms with van der Waals surface area (Å²) >= 11 is 0. The van der Waals surface area contributed by atoms with Crippen molar-refractivity contribution in [3.63, 3.8) is 0 Å². The molecule has 5 aromatic rings. The molecular weight excluding hydrogens is 551 g/mol. The molecule has 7 heteroatoms. The van der Waals surface area contributed by atoms with Gasteiger partial charge in [-0.2, -0.15) is 0 Å². The van der Waals surface area contributed by atoms with E-state index >= 15 is 0 Å². The van der Waals surface area contributed by atoms with E-state index in [9.17, 15) is 17.8 Å². The molecular formula is C34H31O5PS. The first-order valence-electron chi connectivity index (χ1n) is 13.0. The zero-order valence-corrected chi connectivity index (χ0v) is 24.6. The average molecular weight is 583 g/mol. The van der Waals surface area contributed by atoms with E-state index in [0.717, 1.165) is 11.7 Å². The van der Waals surface area contributed by atoms with Crippen LogP contribution in [0.15, 0.2) is 144 Å². The number of hydrogen-bond acceptors (Lipinski definition) is 5. The van der Waals surface area contributed by atoms with E-state index in [4.69, 9.17) is 4.74 Å². The summed E-state index contributed by atoms with van der Waals surface area (Å²) in [5.41, 5.74) is 2.70. The minimum atomic E-state index is -4.27. The molecule has 0 aliphatic carbocycles. The fraction of sp³-hybridized carbons (Fsp3) is 0.0882. The van der Waals surface area contributed by atoms with E-state index < -0.39 is 17.4 Å². The topological polar surface area (TPSA) is 83.5 Å². The monoisotopic (exact) mass is 582 g/mol. The van der Waals surface area contributed by atoms with Gasteiger partial charge in [0.1, 0.15) is 33.3 Å². The summed E-state index contributed by atoms with van der Waals surface area (Å²) in [5, 5.41) is 4.04. The van der Waals surface area contributed by atoms with Gasteiger partial charge in [0.05, 0.1) is 23.7 Å². The Morgan fingerprint density at radius 3 is 1.44 bits per heavy atom. The van der Waals surface area contributed by atoms with E-state index in [1.807, 2.05) is 19.1 Å². The number of rotatable bonds is 7. The third-order valence-corrected chi connectivity index (χ3v) is 11.9. The number of esters is 1. The molecule has 0 radical (unpaired) electrons. The minimum absolute atomic E-state index is 0.178. The Hall–Kier alpha value is -4.09. The van der Waals surface area contributed by atoms with E-state index in [1.165, 1.54) is 40.7 Å². The number of benzene rings is 5. The molecule has 0 unspecified atom stereocenters. The Bertz CT molecular complexity index is 1560. The van der Waals surface area contributed by atoms with Crippen molar-refractivity contribution in [3.8, 4) is 0 Å². The summed E-state index contributed by atoms with van der Waals surface area (Å²) in [6.07, 6.45) is 0.881. The molecule has 0 amide bonds. The molecule has 0 fully saturated rings. The van der Waals surface area contributed by atoms with Gasteiger partial charge in [0, 0.05) is 0 Å². The average Bonchev–Trinajstić information content (AvgIpc) is 3.01. The number of hydrogen-bond donors (Lipinski definition) is 0. The van der Waals surface area contributed by atoms with Gasteiger partial charge < -0.3 is 9.29 Å². The lowest BCUT2D eigenvalue weighted by Gasteiger charge is -2.27. The molecule has 0 aliphatic rings. The number of carbonyl (C=O) groups excluding carboxylic acids is 1. The van der Waals surface area contributed by atoms with Gasteiger partial charge in [-0.3, -0.25) is 0 Å². The summed E-state index contributed by atoms with van der Waals surface area (Å²) in [6, 6.07) is 46.0. The standard InChI is InChI=1S/C27H24O2P.C7H8O3S/c1-29-27(28)23-19-17-22(18-20-23)21-30(24-11-5-2-6-12-24,25-13-7-3-8-14-25)26-15-9-4-10-16-26;1-6-2-4-7(5-3-6)11(8,9)10/h2-20H,21H2,1H3;2-5H,1H3,(H,8,9,10)/q+1;/p-1. The van der Waals surface area contributed by atoms with Crippen LogP contribution in [0, 0.1) is 6.92 Å². The highest BCUT2D eigenvalue weighted by Crippen LogP contribution is 2.58. The Morgan fingerprint density at radius 1 is 0.659 bits per heavy atom. The molecule has 5 aromatic carbocycles. The minimum Gasteiger partial charge on any atom is -0.744 e. The number of methoxy groups -OCH3 is 1. The van der Waals surface area contributed by atoms with Crippen LogP contribution >= 0.6 is 7.26 Å². The summed E-state index contributed by atoms with van der Waals surface area (Å²) < 4.78 is 36.0. The van der Waals surface area contributed by atoms with E-state index in [1.54, 1.807) is 12.1 Å². The van der Waals surface area contributed by atoms with Gasteiger partial charge in [-0.05, 0) is 73.2 Å². The van der Waals surface area contributed by atoms with Gasteiger partial charge in [0.15, 0.2) is 0 Å². The molecule has 0 atom stereocenters. The third kappa shape index (κ3) is 7.36. The fourth-order valence-electron chi connectivity index (χ4n) is 4.61. The van der Waals surface area contributed by atoms with Crippen molar-refractivity contribution < 1.29 is 22.5 Å². The van der Waals surface area contributed by atoms with Gasteiger partial charge in [-0.1, -0.05) is 84.4 Å². The summed E-state index contributed by atoms with van der Waals surface area (Å²) in [4.78, 5) is 11.7. The smallest absolute Gasteiger partial charge is 0.337 e. The second kappa shape index (κ2) is 13.5. The van der Waals surface area contributed by atoms with Crippen LogP contribution in [0.4, 0.5) is 0 Å². The zero-order valence-electron chi connectivity index (χ0n) is 22.9. The number of aryl methyl sites for hydroxylation is 1. The molecule has 0 aromatic heterocycles. The van der Waals surface area contributed by atoms with Crippen LogP contribution in [0.25, 0.3) is 0 Å². The quantitative estimate of drug-likeness (QED) is 0.136. The maximum absolute atomic E-state index is 11.9. The highest BCUT2D eigenvalue weighted by molar-refractivity contribution is 7.95. The SMILES string of the molecule is COC(=O)c1ccc(C[P+](c2ccccc2)(c2ccccc2)c2ccccc2)cc1.Cc1ccc(S(=O)(=O)[O-])cc1. The molecule has 0 saturated heterocycles. The first-order chi connectivity index (χ1) is 19.7. The number of ether oxygens (including phenoxy) is 1. The lowest BCUT2D eigenvalue weighted by Crippen LogP contribution is -2.32. The largest absolute Gasteiger partial charge is 0.744 e. The van der Waals surface area contributed by atoms with Crippen molar-refractivity contribution in [3.05, 3.63) is 156 Å². The van der Waals surface area contributed by atoms with Crippen LogP contribution in [0.5, 0.6) is 0 Å². The van der Waals surface area contributed by atoms with Crippen molar-refractivity contribution in [2.75, 3.05) is 7.11 Å². The van der Waals surface area contributed by atoms with Crippen LogP contribution < -0.4 is 15.9 Å². The molecule has 5 nitrogen and oxygen atoms in total. The normalized spacial score (nSPS) is 11.2. The van der Waals surface area contributed by atoms with Crippen LogP contribution in [0.1, 0.15) is 21.5 Å². The number of carbonyl (C=O) groups is 1. The second-order valence-electron chi connectivity index (χ2n) is 9.43. The lowest BCUT2D eigenvalue weighted by molar-refractivity contribution is 0.0600. The highest BCUT2D eigenvalue weighted by Gasteiger charge is 2.45. The predicted molar refractivity (Wildman–Crippen MR) is 166 cm³/mol. The van der Waals surface area contributed by atoms with Crippen molar-refractivity contribution in [2.45, 2.75) is 18.0 Å². The van der Waals surface area contributed by atoms with Crippen molar-refractivity contribution >= 4 is 39.3 Å². The van der Waals surface area contributed by atoms with Crippen LogP contribution in [-0.4, -0.2) is 26.0 Å². The van der Waals surface area contributed by atoms with E-state index in [0.29, 0.717) is 5.56 Å². The maximum Gasteiger partial charge on any atom is 0.337 e. The summed E-state index contributed by atoms with van der Waals surface area (Å²) in [5.74, 6) is -0.309. The third-order valence-electron chi connectivity index (χ3n) is 6.70. The van der Waals surface area contributed by atoms with Gasteiger partial charge >= 0.3 is 5.97 Å². The van der Waals surface area contributed by atoms with Crippen LogP contribution in [-0.2, 0) is 21.0 Å². The van der Waals surface area contributed by atoms with Crippen LogP contribution in [0.3, 0.4) is 0 Å². The Morgan fingerprint density at radius 2 is 1.07 bits per heavy atom. The highest BCUT2D eigenvalue weighted by atomic mass is 32.2. The Balaban J connectivity index is 0.000000296. The fourth-order valence-corrected chi connectivity index (χ4v) is 9.32. The molecule has 0 aliphatic heterocycles. The predicted octanol–water partition coefficient (Wildman–Crippen LogP) is 5.87. The van der Waals surface area contributed by atoms with Gasteiger partial charge in [0.25, 0.3) is 0 Å². The molecule has 0 N–H and O–H groups in total. The second-order valence-corrected chi connectivity index (χ2v) is 14.3.